The van der Waals surface area contributed by atoms with Crippen molar-refractivity contribution in [1.29, 1.82) is 0 Å². The first-order valence-electron chi connectivity index (χ1n) is 10.1. The molecule has 0 unspecified atom stereocenters. The zero-order valence-corrected chi connectivity index (χ0v) is 18.2. The minimum atomic E-state index is -3.53. The number of sulfonamides is 1. The van der Waals surface area contributed by atoms with E-state index in [1.54, 1.807) is 12.1 Å². The standard InChI is InChI=1S/C22H28N2O4S/c1-15-11-18(12-21(25)24(15)17-7-8-17)28-19-13-23(14-19)29(26,27)20-9-5-16(6-10-20)22(2,3)4/h5-6,9-12,17,19H,7-8,13-14H2,1-4H3. The molecule has 0 amide bonds. The number of benzene rings is 1. The van der Waals surface area contributed by atoms with Gasteiger partial charge >= 0.3 is 0 Å². The summed E-state index contributed by atoms with van der Waals surface area (Å²) in [6.07, 6.45) is 1.86. The van der Waals surface area contributed by atoms with Gasteiger partial charge in [-0.1, -0.05) is 32.9 Å². The summed E-state index contributed by atoms with van der Waals surface area (Å²) < 4.78 is 34.8. The van der Waals surface area contributed by atoms with Crippen molar-refractivity contribution in [3.05, 3.63) is 58.0 Å². The molecule has 1 aliphatic carbocycles. The van der Waals surface area contributed by atoms with E-state index in [0.29, 0.717) is 16.7 Å². The molecule has 0 atom stereocenters. The van der Waals surface area contributed by atoms with Crippen molar-refractivity contribution < 1.29 is 13.2 Å². The fourth-order valence-electron chi connectivity index (χ4n) is 3.69. The number of hydrogen-bond donors (Lipinski definition) is 0. The number of pyridine rings is 1. The Hall–Kier alpha value is -2.12. The van der Waals surface area contributed by atoms with Gasteiger partial charge in [0.05, 0.1) is 18.0 Å². The van der Waals surface area contributed by atoms with Crippen molar-refractivity contribution in [2.45, 2.75) is 63.0 Å². The van der Waals surface area contributed by atoms with E-state index in [4.69, 9.17) is 4.74 Å². The van der Waals surface area contributed by atoms with Gasteiger partial charge in [-0.15, -0.1) is 0 Å². The van der Waals surface area contributed by atoms with Crippen LogP contribution in [-0.4, -0.2) is 36.5 Å². The molecule has 1 aromatic heterocycles. The molecule has 1 aliphatic heterocycles. The molecule has 29 heavy (non-hydrogen) atoms. The van der Waals surface area contributed by atoms with Crippen LogP contribution < -0.4 is 10.3 Å². The summed E-state index contributed by atoms with van der Waals surface area (Å²) in [6.45, 7) is 8.77. The van der Waals surface area contributed by atoms with Crippen LogP contribution in [0.25, 0.3) is 0 Å². The maximum Gasteiger partial charge on any atom is 0.254 e. The molecule has 0 spiro atoms. The maximum atomic E-state index is 12.8. The summed E-state index contributed by atoms with van der Waals surface area (Å²) in [5, 5.41) is 0. The van der Waals surface area contributed by atoms with E-state index >= 15 is 0 Å². The lowest BCUT2D eigenvalue weighted by Gasteiger charge is -2.37. The van der Waals surface area contributed by atoms with E-state index < -0.39 is 10.0 Å². The zero-order valence-electron chi connectivity index (χ0n) is 17.4. The highest BCUT2D eigenvalue weighted by molar-refractivity contribution is 7.89. The van der Waals surface area contributed by atoms with Crippen molar-refractivity contribution in [3.8, 4) is 5.75 Å². The molecule has 6 nitrogen and oxygen atoms in total. The highest BCUT2D eigenvalue weighted by Gasteiger charge is 2.38. The van der Waals surface area contributed by atoms with Crippen LogP contribution in [0.1, 0.15) is 50.9 Å². The second-order valence-electron chi connectivity index (χ2n) is 9.11. The fourth-order valence-corrected chi connectivity index (χ4v) is 5.19. The number of rotatable bonds is 5. The van der Waals surface area contributed by atoms with Crippen molar-refractivity contribution in [2.24, 2.45) is 0 Å². The molecule has 0 radical (unpaired) electrons. The molecular weight excluding hydrogens is 388 g/mol. The van der Waals surface area contributed by atoms with Crippen molar-refractivity contribution in [2.75, 3.05) is 13.1 Å². The molecule has 7 heteroatoms. The molecule has 2 heterocycles. The zero-order chi connectivity index (χ0) is 21.0. The fraction of sp³-hybridized carbons (Fsp3) is 0.500. The van der Waals surface area contributed by atoms with Crippen LogP contribution in [0.5, 0.6) is 5.75 Å². The lowest BCUT2D eigenvalue weighted by Crippen LogP contribution is -2.56. The van der Waals surface area contributed by atoms with Gasteiger partial charge in [-0.2, -0.15) is 4.31 Å². The SMILES string of the molecule is Cc1cc(OC2CN(S(=O)(=O)c3ccc(C(C)(C)C)cc3)C2)cc(=O)n1C1CC1. The third-order valence-electron chi connectivity index (χ3n) is 5.62. The molecule has 2 aliphatic rings. The lowest BCUT2D eigenvalue weighted by atomic mass is 9.87. The van der Waals surface area contributed by atoms with Gasteiger partial charge in [-0.3, -0.25) is 4.79 Å². The molecule has 1 aromatic carbocycles. The number of hydrogen-bond acceptors (Lipinski definition) is 4. The quantitative estimate of drug-likeness (QED) is 0.750. The Labute approximate surface area is 172 Å². The summed E-state index contributed by atoms with van der Waals surface area (Å²) in [4.78, 5) is 12.6. The van der Waals surface area contributed by atoms with Crippen LogP contribution >= 0.6 is 0 Å². The smallest absolute Gasteiger partial charge is 0.254 e. The van der Waals surface area contributed by atoms with E-state index in [1.807, 2.05) is 29.7 Å². The van der Waals surface area contributed by atoms with Crippen LogP contribution in [0.4, 0.5) is 0 Å². The van der Waals surface area contributed by atoms with Crippen LogP contribution in [0.3, 0.4) is 0 Å². The van der Waals surface area contributed by atoms with Gasteiger partial charge in [0.2, 0.25) is 10.0 Å². The Bertz CT molecular complexity index is 1070. The molecular formula is C22H28N2O4S. The van der Waals surface area contributed by atoms with Gasteiger partial charge < -0.3 is 9.30 Å². The third-order valence-corrected chi connectivity index (χ3v) is 7.47. The summed E-state index contributed by atoms with van der Waals surface area (Å²) in [7, 11) is -3.53. The average molecular weight is 417 g/mol. The highest BCUT2D eigenvalue weighted by atomic mass is 32.2. The largest absolute Gasteiger partial charge is 0.487 e. The number of aryl methyl sites for hydroxylation is 1. The predicted molar refractivity (Wildman–Crippen MR) is 112 cm³/mol. The number of nitrogens with zero attached hydrogens (tertiary/aromatic N) is 2. The second kappa shape index (κ2) is 6.99. The Morgan fingerprint density at radius 2 is 1.66 bits per heavy atom. The summed E-state index contributed by atoms with van der Waals surface area (Å²) in [5.74, 6) is 0.515. The molecule has 2 fully saturated rings. The molecule has 0 N–H and O–H groups in total. The summed E-state index contributed by atoms with van der Waals surface area (Å²) >= 11 is 0. The van der Waals surface area contributed by atoms with E-state index in [2.05, 4.69) is 20.8 Å². The number of ether oxygens (including phenoxy) is 1. The van der Waals surface area contributed by atoms with Gasteiger partial charge in [0.1, 0.15) is 11.9 Å². The monoisotopic (exact) mass is 416 g/mol. The molecule has 156 valence electrons. The normalized spacial score (nSPS) is 18.5. The number of aromatic nitrogens is 1. The predicted octanol–water partition coefficient (Wildman–Crippen LogP) is 3.24. The Kier molecular flexibility index (Phi) is 4.86. The lowest BCUT2D eigenvalue weighted by molar-refractivity contribution is 0.0758. The van der Waals surface area contributed by atoms with Gasteiger partial charge in [0, 0.05) is 17.8 Å². The Balaban J connectivity index is 1.41. The van der Waals surface area contributed by atoms with E-state index in [0.717, 1.165) is 24.1 Å². The first-order valence-corrected chi connectivity index (χ1v) is 11.5. The minimum Gasteiger partial charge on any atom is -0.487 e. The molecule has 1 saturated carbocycles. The summed E-state index contributed by atoms with van der Waals surface area (Å²) in [6, 6.07) is 10.8. The van der Waals surface area contributed by atoms with Crippen molar-refractivity contribution in [3.63, 3.8) is 0 Å². The first kappa shape index (κ1) is 20.2. The van der Waals surface area contributed by atoms with Crippen molar-refractivity contribution in [1.82, 2.24) is 8.87 Å². The average Bonchev–Trinajstić information content (AvgIpc) is 3.41. The maximum absolute atomic E-state index is 12.8. The summed E-state index contributed by atoms with van der Waals surface area (Å²) in [5.41, 5.74) is 1.91. The highest BCUT2D eigenvalue weighted by Crippen LogP contribution is 2.35. The second-order valence-corrected chi connectivity index (χ2v) is 11.0. The molecule has 2 aromatic rings. The molecule has 4 rings (SSSR count). The van der Waals surface area contributed by atoms with Gasteiger partial charge in [0.25, 0.3) is 5.56 Å². The van der Waals surface area contributed by atoms with Gasteiger partial charge in [0.15, 0.2) is 0 Å². The minimum absolute atomic E-state index is 0.0239. The van der Waals surface area contributed by atoms with Gasteiger partial charge in [-0.25, -0.2) is 8.42 Å². The topological polar surface area (TPSA) is 68.6 Å². The van der Waals surface area contributed by atoms with Crippen LogP contribution in [-0.2, 0) is 15.4 Å². The van der Waals surface area contributed by atoms with Crippen LogP contribution in [0.2, 0.25) is 0 Å². The van der Waals surface area contributed by atoms with E-state index in [1.165, 1.54) is 10.4 Å². The van der Waals surface area contributed by atoms with E-state index in [9.17, 15) is 13.2 Å². The van der Waals surface area contributed by atoms with Gasteiger partial charge in [-0.05, 0) is 48.9 Å². The Morgan fingerprint density at radius 1 is 1.03 bits per heavy atom. The van der Waals surface area contributed by atoms with Crippen LogP contribution in [0.15, 0.2) is 46.1 Å². The first-order chi connectivity index (χ1) is 13.6. The molecule has 1 saturated heterocycles. The third kappa shape index (κ3) is 3.98. The molecule has 0 bridgehead atoms. The Morgan fingerprint density at radius 3 is 2.17 bits per heavy atom. The van der Waals surface area contributed by atoms with Crippen LogP contribution in [0, 0.1) is 6.92 Å². The van der Waals surface area contributed by atoms with Crippen molar-refractivity contribution >= 4 is 10.0 Å². The van der Waals surface area contributed by atoms with E-state index in [-0.39, 0.29) is 30.2 Å².